The fraction of sp³-hybridized carbons (Fsp3) is 0.364. The van der Waals surface area contributed by atoms with E-state index in [1.165, 1.54) is 30.1 Å². The van der Waals surface area contributed by atoms with Gasteiger partial charge in [0.2, 0.25) is 5.91 Å². The Labute approximate surface area is 165 Å². The van der Waals surface area contributed by atoms with Crippen LogP contribution in [0.4, 0.5) is 4.39 Å². The molecule has 2 unspecified atom stereocenters. The average Bonchev–Trinajstić information content (AvgIpc) is 2.60. The van der Waals surface area contributed by atoms with Crippen molar-refractivity contribution >= 4 is 11.8 Å². The van der Waals surface area contributed by atoms with Crippen LogP contribution in [0.5, 0.6) is 5.75 Å². The highest BCUT2D eigenvalue weighted by atomic mass is 19.1. The Morgan fingerprint density at radius 2 is 1.71 bits per heavy atom. The normalized spacial score (nSPS) is 13.5. The zero-order valence-electron chi connectivity index (χ0n) is 16.9. The van der Waals surface area contributed by atoms with Crippen molar-refractivity contribution in [3.63, 3.8) is 0 Å². The SMILES string of the molecule is CC(Oc1ccc(C(C)(C)C)cc1)C(=O)N(C)C(C(N)=O)c1cccc(F)c1. The third-order valence-corrected chi connectivity index (χ3v) is 4.55. The second-order valence-electron chi connectivity index (χ2n) is 7.84. The second-order valence-corrected chi connectivity index (χ2v) is 7.84. The number of carbonyl (C=O) groups is 2. The predicted molar refractivity (Wildman–Crippen MR) is 106 cm³/mol. The number of ether oxygens (including phenoxy) is 1. The van der Waals surface area contributed by atoms with Gasteiger partial charge in [-0.15, -0.1) is 0 Å². The summed E-state index contributed by atoms with van der Waals surface area (Å²) in [7, 11) is 1.45. The summed E-state index contributed by atoms with van der Waals surface area (Å²) in [5.41, 5.74) is 6.94. The van der Waals surface area contributed by atoms with E-state index in [1.807, 2.05) is 24.3 Å². The number of amides is 2. The summed E-state index contributed by atoms with van der Waals surface area (Å²) in [6.07, 6.45) is -0.846. The molecule has 0 fully saturated rings. The van der Waals surface area contributed by atoms with E-state index in [-0.39, 0.29) is 5.41 Å². The lowest BCUT2D eigenvalue weighted by Gasteiger charge is -2.28. The number of benzene rings is 2. The number of primary amides is 1. The van der Waals surface area contributed by atoms with Crippen LogP contribution in [0.3, 0.4) is 0 Å². The van der Waals surface area contributed by atoms with Crippen molar-refractivity contribution in [2.75, 3.05) is 7.05 Å². The molecule has 0 heterocycles. The first-order valence-corrected chi connectivity index (χ1v) is 9.09. The van der Waals surface area contributed by atoms with Crippen LogP contribution >= 0.6 is 0 Å². The zero-order chi connectivity index (χ0) is 21.1. The Morgan fingerprint density at radius 1 is 1.11 bits per heavy atom. The molecule has 2 rings (SSSR count). The third kappa shape index (κ3) is 5.09. The molecule has 0 saturated carbocycles. The number of halogens is 1. The van der Waals surface area contributed by atoms with Gasteiger partial charge in [-0.1, -0.05) is 45.0 Å². The largest absolute Gasteiger partial charge is 0.481 e. The van der Waals surface area contributed by atoms with Crippen molar-refractivity contribution < 1.29 is 18.7 Å². The smallest absolute Gasteiger partial charge is 0.264 e. The molecule has 0 aliphatic rings. The zero-order valence-corrected chi connectivity index (χ0v) is 16.9. The maximum absolute atomic E-state index is 13.5. The molecular formula is C22H27FN2O3. The van der Waals surface area contributed by atoms with Crippen LogP contribution in [0, 0.1) is 5.82 Å². The Balaban J connectivity index is 2.15. The first-order valence-electron chi connectivity index (χ1n) is 9.09. The number of nitrogens with two attached hydrogens (primary N) is 1. The summed E-state index contributed by atoms with van der Waals surface area (Å²) in [5, 5.41) is 0. The van der Waals surface area contributed by atoms with E-state index < -0.39 is 29.8 Å². The van der Waals surface area contributed by atoms with Crippen molar-refractivity contribution in [3.8, 4) is 5.75 Å². The molecular weight excluding hydrogens is 359 g/mol. The lowest BCUT2D eigenvalue weighted by Crippen LogP contribution is -2.44. The highest BCUT2D eigenvalue weighted by Crippen LogP contribution is 2.25. The number of hydrogen-bond donors (Lipinski definition) is 1. The minimum atomic E-state index is -1.09. The van der Waals surface area contributed by atoms with Gasteiger partial charge in [0.1, 0.15) is 17.6 Å². The molecule has 0 bridgehead atoms. The van der Waals surface area contributed by atoms with Crippen LogP contribution in [-0.4, -0.2) is 29.9 Å². The van der Waals surface area contributed by atoms with Crippen molar-refractivity contribution in [3.05, 3.63) is 65.5 Å². The summed E-state index contributed by atoms with van der Waals surface area (Å²) in [6, 6.07) is 11.9. The van der Waals surface area contributed by atoms with Crippen LogP contribution in [0.15, 0.2) is 48.5 Å². The maximum atomic E-state index is 13.5. The van der Waals surface area contributed by atoms with E-state index in [2.05, 4.69) is 20.8 Å². The summed E-state index contributed by atoms with van der Waals surface area (Å²) in [5.74, 6) is -1.15. The molecule has 150 valence electrons. The molecule has 0 radical (unpaired) electrons. The van der Waals surface area contributed by atoms with E-state index in [0.717, 1.165) is 5.56 Å². The number of likely N-dealkylation sites (N-methyl/N-ethyl adjacent to an activating group) is 1. The molecule has 2 amide bonds. The molecule has 0 aliphatic carbocycles. The molecule has 2 aromatic carbocycles. The van der Waals surface area contributed by atoms with Crippen LogP contribution < -0.4 is 10.5 Å². The molecule has 2 atom stereocenters. The van der Waals surface area contributed by atoms with Gasteiger partial charge < -0.3 is 15.4 Å². The standard InChI is InChI=1S/C22H27FN2O3/c1-14(28-18-11-9-16(10-12-18)22(2,3)4)21(27)25(5)19(20(24)26)15-7-6-8-17(23)13-15/h6-14,19H,1-5H3,(H2,24,26). The number of hydrogen-bond acceptors (Lipinski definition) is 3. The molecule has 28 heavy (non-hydrogen) atoms. The lowest BCUT2D eigenvalue weighted by molar-refractivity contribution is -0.143. The topological polar surface area (TPSA) is 72.6 Å². The lowest BCUT2D eigenvalue weighted by atomic mass is 9.87. The Morgan fingerprint density at radius 3 is 2.21 bits per heavy atom. The van der Waals surface area contributed by atoms with E-state index in [1.54, 1.807) is 13.0 Å². The fourth-order valence-corrected chi connectivity index (χ4v) is 2.96. The van der Waals surface area contributed by atoms with Crippen LogP contribution in [-0.2, 0) is 15.0 Å². The minimum Gasteiger partial charge on any atom is -0.481 e. The van der Waals surface area contributed by atoms with Crippen LogP contribution in [0.25, 0.3) is 0 Å². The minimum absolute atomic E-state index is 0.0137. The first-order chi connectivity index (χ1) is 13.0. The van der Waals surface area contributed by atoms with E-state index in [9.17, 15) is 14.0 Å². The summed E-state index contributed by atoms with van der Waals surface area (Å²) in [4.78, 5) is 25.9. The predicted octanol–water partition coefficient (Wildman–Crippen LogP) is 3.58. The van der Waals surface area contributed by atoms with E-state index in [0.29, 0.717) is 11.3 Å². The van der Waals surface area contributed by atoms with Gasteiger partial charge in [-0.05, 0) is 47.7 Å². The van der Waals surface area contributed by atoms with Crippen LogP contribution in [0.2, 0.25) is 0 Å². The van der Waals surface area contributed by atoms with Crippen molar-refractivity contribution in [1.82, 2.24) is 4.90 Å². The van der Waals surface area contributed by atoms with Gasteiger partial charge in [0.25, 0.3) is 5.91 Å². The highest BCUT2D eigenvalue weighted by molar-refractivity contribution is 5.89. The quantitative estimate of drug-likeness (QED) is 0.825. The second kappa shape index (κ2) is 8.42. The monoisotopic (exact) mass is 386 g/mol. The van der Waals surface area contributed by atoms with Crippen molar-refractivity contribution in [2.24, 2.45) is 5.73 Å². The number of carbonyl (C=O) groups excluding carboxylic acids is 2. The first kappa shape index (κ1) is 21.4. The van der Waals surface area contributed by atoms with Gasteiger partial charge in [0.05, 0.1) is 0 Å². The average molecular weight is 386 g/mol. The van der Waals surface area contributed by atoms with Gasteiger partial charge in [-0.25, -0.2) is 4.39 Å². The maximum Gasteiger partial charge on any atom is 0.264 e. The van der Waals surface area contributed by atoms with Gasteiger partial charge >= 0.3 is 0 Å². The molecule has 6 heteroatoms. The van der Waals surface area contributed by atoms with Gasteiger partial charge in [-0.3, -0.25) is 9.59 Å². The van der Waals surface area contributed by atoms with Gasteiger partial charge in [0.15, 0.2) is 6.10 Å². The van der Waals surface area contributed by atoms with Crippen molar-refractivity contribution in [2.45, 2.75) is 45.3 Å². The molecule has 2 N–H and O–H groups in total. The summed E-state index contributed by atoms with van der Waals surface area (Å²) >= 11 is 0. The molecule has 0 spiro atoms. The molecule has 0 aliphatic heterocycles. The molecule has 0 aromatic heterocycles. The fourth-order valence-electron chi connectivity index (χ4n) is 2.96. The Kier molecular flexibility index (Phi) is 6.44. The summed E-state index contributed by atoms with van der Waals surface area (Å²) < 4.78 is 19.3. The number of nitrogens with zero attached hydrogens (tertiary/aromatic N) is 1. The van der Waals surface area contributed by atoms with Crippen molar-refractivity contribution in [1.29, 1.82) is 0 Å². The van der Waals surface area contributed by atoms with E-state index >= 15 is 0 Å². The molecule has 0 saturated heterocycles. The Hall–Kier alpha value is -2.89. The third-order valence-electron chi connectivity index (χ3n) is 4.55. The van der Waals surface area contributed by atoms with Gasteiger partial charge in [-0.2, -0.15) is 0 Å². The highest BCUT2D eigenvalue weighted by Gasteiger charge is 2.30. The summed E-state index contributed by atoms with van der Waals surface area (Å²) in [6.45, 7) is 7.93. The molecule has 5 nitrogen and oxygen atoms in total. The van der Waals surface area contributed by atoms with E-state index in [4.69, 9.17) is 10.5 Å². The molecule has 2 aromatic rings. The van der Waals surface area contributed by atoms with Crippen LogP contribution in [0.1, 0.15) is 44.9 Å². The van der Waals surface area contributed by atoms with Gasteiger partial charge in [0, 0.05) is 7.05 Å². The Bertz CT molecular complexity index is 844. The number of rotatable bonds is 6.